The molecule has 7 nitrogen and oxygen atoms in total. The minimum Gasteiger partial charge on any atom is -0.488 e. The first-order chi connectivity index (χ1) is 14.5. The van der Waals surface area contributed by atoms with E-state index in [0.717, 1.165) is 36.2 Å². The summed E-state index contributed by atoms with van der Waals surface area (Å²) in [6.45, 7) is 4.71. The van der Waals surface area contributed by atoms with Gasteiger partial charge in [0.05, 0.1) is 12.1 Å². The van der Waals surface area contributed by atoms with Gasteiger partial charge in [-0.1, -0.05) is 0 Å². The fourth-order valence-corrected chi connectivity index (χ4v) is 4.65. The van der Waals surface area contributed by atoms with Crippen LogP contribution in [0.15, 0.2) is 30.5 Å². The maximum Gasteiger partial charge on any atom is 0.255 e. The van der Waals surface area contributed by atoms with Crippen molar-refractivity contribution in [3.05, 3.63) is 47.2 Å². The van der Waals surface area contributed by atoms with Crippen LogP contribution in [0.25, 0.3) is 0 Å². The van der Waals surface area contributed by atoms with Gasteiger partial charge in [0.1, 0.15) is 6.61 Å². The van der Waals surface area contributed by atoms with Crippen molar-refractivity contribution in [2.24, 2.45) is 0 Å². The van der Waals surface area contributed by atoms with Gasteiger partial charge >= 0.3 is 0 Å². The third-order valence-corrected chi connectivity index (χ3v) is 6.36. The number of amides is 2. The third-order valence-electron chi connectivity index (χ3n) is 6.36. The number of pyridine rings is 1. The summed E-state index contributed by atoms with van der Waals surface area (Å²) in [5.74, 6) is 1.43. The Morgan fingerprint density at radius 1 is 1.20 bits per heavy atom. The maximum atomic E-state index is 13.0. The molecule has 1 atom stereocenters. The Morgan fingerprint density at radius 2 is 2.07 bits per heavy atom. The molecule has 1 fully saturated rings. The molecule has 1 saturated heterocycles. The van der Waals surface area contributed by atoms with Crippen molar-refractivity contribution in [2.75, 3.05) is 31.6 Å². The van der Waals surface area contributed by atoms with Crippen LogP contribution in [0.1, 0.15) is 52.5 Å². The van der Waals surface area contributed by atoms with Gasteiger partial charge in [0.25, 0.3) is 11.8 Å². The largest absolute Gasteiger partial charge is 0.488 e. The lowest BCUT2D eigenvalue weighted by molar-refractivity contribution is 0.0634. The Kier molecular flexibility index (Phi) is 4.60. The first-order valence-corrected chi connectivity index (χ1v) is 10.6. The zero-order chi connectivity index (χ0) is 20.8. The molecule has 4 heterocycles. The molecule has 5 rings (SSSR count). The molecule has 1 aromatic carbocycles. The van der Waals surface area contributed by atoms with E-state index in [1.54, 1.807) is 11.1 Å². The highest BCUT2D eigenvalue weighted by Gasteiger charge is 2.29. The van der Waals surface area contributed by atoms with Gasteiger partial charge in [-0.2, -0.15) is 0 Å². The number of hydrogen-bond acceptors (Lipinski definition) is 5. The van der Waals surface area contributed by atoms with Crippen LogP contribution in [-0.2, 0) is 6.54 Å². The number of ether oxygens (including phenoxy) is 1. The first kappa shape index (κ1) is 18.9. The molecule has 156 valence electrons. The SMILES string of the molecule is C[C@@H]1CCCCN1C(=O)c1cnc2c(c1)OCCN2c1ccc2c(c1)CN(C)C2=O. The van der Waals surface area contributed by atoms with Gasteiger partial charge in [-0.15, -0.1) is 0 Å². The van der Waals surface area contributed by atoms with Crippen LogP contribution in [0.4, 0.5) is 11.5 Å². The lowest BCUT2D eigenvalue weighted by atomic mass is 10.0. The lowest BCUT2D eigenvalue weighted by Gasteiger charge is -2.34. The molecular formula is C23H26N4O3. The van der Waals surface area contributed by atoms with Crippen molar-refractivity contribution >= 4 is 23.3 Å². The number of carbonyl (C=O) groups is 2. The van der Waals surface area contributed by atoms with E-state index in [4.69, 9.17) is 4.74 Å². The Labute approximate surface area is 176 Å². The highest BCUT2D eigenvalue weighted by Crippen LogP contribution is 2.37. The van der Waals surface area contributed by atoms with Crippen molar-refractivity contribution in [1.29, 1.82) is 0 Å². The summed E-state index contributed by atoms with van der Waals surface area (Å²) >= 11 is 0. The number of aromatic nitrogens is 1. The third kappa shape index (κ3) is 3.09. The second kappa shape index (κ2) is 7.31. The molecule has 2 aromatic rings. The zero-order valence-corrected chi connectivity index (χ0v) is 17.4. The highest BCUT2D eigenvalue weighted by atomic mass is 16.5. The van der Waals surface area contributed by atoms with Gasteiger partial charge in [-0.05, 0) is 56.0 Å². The Hall–Kier alpha value is -3.09. The minimum atomic E-state index is 0.0253. The molecule has 7 heteroatoms. The quantitative estimate of drug-likeness (QED) is 0.766. The monoisotopic (exact) mass is 406 g/mol. The lowest BCUT2D eigenvalue weighted by Crippen LogP contribution is -2.42. The van der Waals surface area contributed by atoms with Crippen LogP contribution in [-0.4, -0.2) is 59.4 Å². The zero-order valence-electron chi connectivity index (χ0n) is 17.4. The summed E-state index contributed by atoms with van der Waals surface area (Å²) in [4.78, 5) is 35.6. The van der Waals surface area contributed by atoms with Crippen LogP contribution >= 0.6 is 0 Å². The van der Waals surface area contributed by atoms with Crippen LogP contribution in [0, 0.1) is 0 Å². The molecule has 0 spiro atoms. The van der Waals surface area contributed by atoms with Gasteiger partial charge in [-0.25, -0.2) is 4.98 Å². The number of fused-ring (bicyclic) bond motifs is 2. The molecule has 1 aromatic heterocycles. The number of rotatable bonds is 2. The van der Waals surface area contributed by atoms with Crippen molar-refractivity contribution in [1.82, 2.24) is 14.8 Å². The van der Waals surface area contributed by atoms with E-state index in [-0.39, 0.29) is 17.9 Å². The summed E-state index contributed by atoms with van der Waals surface area (Å²) in [5.41, 5.74) is 3.35. The average Bonchev–Trinajstić information content (AvgIpc) is 3.05. The molecule has 3 aliphatic rings. The Balaban J connectivity index is 1.44. The van der Waals surface area contributed by atoms with Crippen molar-refractivity contribution in [2.45, 2.75) is 38.8 Å². The van der Waals surface area contributed by atoms with Gasteiger partial charge in [0, 0.05) is 43.6 Å². The number of nitrogens with zero attached hydrogens (tertiary/aromatic N) is 4. The van der Waals surface area contributed by atoms with E-state index in [1.807, 2.05) is 30.1 Å². The number of likely N-dealkylation sites (tertiary alicyclic amines) is 1. The van der Waals surface area contributed by atoms with Gasteiger partial charge < -0.3 is 19.4 Å². The molecule has 0 unspecified atom stereocenters. The van der Waals surface area contributed by atoms with E-state index in [9.17, 15) is 9.59 Å². The number of hydrogen-bond donors (Lipinski definition) is 0. The Morgan fingerprint density at radius 3 is 2.90 bits per heavy atom. The van der Waals surface area contributed by atoms with Crippen LogP contribution in [0.3, 0.4) is 0 Å². The number of anilines is 2. The predicted molar refractivity (Wildman–Crippen MR) is 113 cm³/mol. The second-order valence-corrected chi connectivity index (χ2v) is 8.39. The van der Waals surface area contributed by atoms with Crippen molar-refractivity contribution < 1.29 is 14.3 Å². The summed E-state index contributed by atoms with van der Waals surface area (Å²) in [7, 11) is 1.81. The number of piperidine rings is 1. The van der Waals surface area contributed by atoms with Crippen LogP contribution < -0.4 is 9.64 Å². The summed E-state index contributed by atoms with van der Waals surface area (Å²) < 4.78 is 5.87. The van der Waals surface area contributed by atoms with E-state index in [1.165, 1.54) is 6.42 Å². The molecule has 30 heavy (non-hydrogen) atoms. The van der Waals surface area contributed by atoms with Crippen LogP contribution in [0.5, 0.6) is 5.75 Å². The van der Waals surface area contributed by atoms with Gasteiger partial charge in [0.15, 0.2) is 11.6 Å². The predicted octanol–water partition coefficient (Wildman–Crippen LogP) is 3.21. The minimum absolute atomic E-state index is 0.0253. The fourth-order valence-electron chi connectivity index (χ4n) is 4.65. The molecule has 0 aliphatic carbocycles. The van der Waals surface area contributed by atoms with Gasteiger partial charge in [-0.3, -0.25) is 9.59 Å². The van der Waals surface area contributed by atoms with Gasteiger partial charge in [0.2, 0.25) is 0 Å². The summed E-state index contributed by atoms with van der Waals surface area (Å²) in [6, 6.07) is 7.99. The van der Waals surface area contributed by atoms with Crippen molar-refractivity contribution in [3.8, 4) is 5.75 Å². The molecular weight excluding hydrogens is 380 g/mol. The molecule has 0 saturated carbocycles. The fraction of sp³-hybridized carbons (Fsp3) is 0.435. The number of benzene rings is 1. The molecule has 0 radical (unpaired) electrons. The molecule has 0 bridgehead atoms. The molecule has 0 N–H and O–H groups in total. The normalized spacial score (nSPS) is 20.7. The number of carbonyl (C=O) groups excluding carboxylic acids is 2. The first-order valence-electron chi connectivity index (χ1n) is 10.6. The average molecular weight is 406 g/mol. The van der Waals surface area contributed by atoms with E-state index >= 15 is 0 Å². The smallest absolute Gasteiger partial charge is 0.255 e. The Bertz CT molecular complexity index is 1020. The molecule has 2 amide bonds. The standard InChI is InChI=1S/C23H26N4O3/c1-15-5-3-4-8-26(15)22(28)16-12-20-21(24-13-16)27(9-10-30-20)18-6-7-19-17(11-18)14-25(2)23(19)29/h6-7,11-13,15H,3-5,8-10,14H2,1-2H3/t15-/m1/s1. The highest BCUT2D eigenvalue weighted by molar-refractivity contribution is 5.99. The maximum absolute atomic E-state index is 13.0. The summed E-state index contributed by atoms with van der Waals surface area (Å²) in [5, 5.41) is 0. The molecule has 3 aliphatic heterocycles. The second-order valence-electron chi connectivity index (χ2n) is 8.39. The van der Waals surface area contributed by atoms with E-state index in [2.05, 4.69) is 22.9 Å². The van der Waals surface area contributed by atoms with Crippen LogP contribution in [0.2, 0.25) is 0 Å². The topological polar surface area (TPSA) is 66.0 Å². The van der Waals surface area contributed by atoms with E-state index < -0.39 is 0 Å². The van der Waals surface area contributed by atoms with Crippen molar-refractivity contribution in [3.63, 3.8) is 0 Å². The summed E-state index contributed by atoms with van der Waals surface area (Å²) in [6.07, 6.45) is 4.93. The van der Waals surface area contributed by atoms with E-state index in [0.29, 0.717) is 36.8 Å².